The molecule has 98 valence electrons. The van der Waals surface area contributed by atoms with E-state index in [-0.39, 0.29) is 17.4 Å². The molecule has 1 aromatic rings. The zero-order chi connectivity index (χ0) is 13.3. The standard InChI is InChI=1S/C10H16BrNO3S2/c1-7-4-8(16-9(7)11)17(14,15)12-5-10(2,3)6-13/h4,12-13H,5-6H2,1-3H3. The van der Waals surface area contributed by atoms with Gasteiger partial charge in [-0.25, -0.2) is 13.1 Å². The lowest BCUT2D eigenvalue weighted by Gasteiger charge is -2.21. The topological polar surface area (TPSA) is 66.4 Å². The van der Waals surface area contributed by atoms with E-state index in [1.54, 1.807) is 19.9 Å². The van der Waals surface area contributed by atoms with Crippen LogP contribution in [0.3, 0.4) is 0 Å². The monoisotopic (exact) mass is 341 g/mol. The number of hydrogen-bond acceptors (Lipinski definition) is 4. The first-order chi connectivity index (χ1) is 7.68. The maximum absolute atomic E-state index is 12.0. The molecule has 4 nitrogen and oxygen atoms in total. The van der Waals surface area contributed by atoms with Crippen LogP contribution in [-0.4, -0.2) is 26.7 Å². The summed E-state index contributed by atoms with van der Waals surface area (Å²) >= 11 is 4.48. The summed E-state index contributed by atoms with van der Waals surface area (Å²) in [6.07, 6.45) is 0. The first-order valence-corrected chi connectivity index (χ1v) is 8.14. The van der Waals surface area contributed by atoms with Crippen molar-refractivity contribution in [3.05, 3.63) is 15.4 Å². The van der Waals surface area contributed by atoms with Crippen LogP contribution in [0, 0.1) is 12.3 Å². The van der Waals surface area contributed by atoms with E-state index >= 15 is 0 Å². The lowest BCUT2D eigenvalue weighted by Crippen LogP contribution is -2.35. The van der Waals surface area contributed by atoms with Crippen molar-refractivity contribution in [3.8, 4) is 0 Å². The number of rotatable bonds is 5. The Balaban J connectivity index is 2.83. The third-order valence-electron chi connectivity index (χ3n) is 2.27. The maximum atomic E-state index is 12.0. The molecule has 0 aliphatic heterocycles. The highest BCUT2D eigenvalue weighted by Crippen LogP contribution is 2.30. The summed E-state index contributed by atoms with van der Waals surface area (Å²) < 4.78 is 27.5. The van der Waals surface area contributed by atoms with Gasteiger partial charge in [0.25, 0.3) is 0 Å². The van der Waals surface area contributed by atoms with Crippen molar-refractivity contribution in [1.82, 2.24) is 4.72 Å². The third-order valence-corrected chi connectivity index (χ3v) is 6.28. The van der Waals surface area contributed by atoms with Gasteiger partial charge in [-0.3, -0.25) is 0 Å². The Hall–Kier alpha value is 0.0500. The van der Waals surface area contributed by atoms with Gasteiger partial charge in [0, 0.05) is 18.6 Å². The second-order valence-electron chi connectivity index (χ2n) is 4.67. The molecule has 1 rings (SSSR count). The van der Waals surface area contributed by atoms with Gasteiger partial charge < -0.3 is 5.11 Å². The number of sulfonamides is 1. The van der Waals surface area contributed by atoms with Gasteiger partial charge in [0.05, 0.1) is 3.79 Å². The van der Waals surface area contributed by atoms with Gasteiger partial charge in [0.1, 0.15) is 4.21 Å². The Labute approximate surface area is 114 Å². The summed E-state index contributed by atoms with van der Waals surface area (Å²) in [5.41, 5.74) is 0.438. The Kier molecular flexibility index (Phi) is 4.76. The molecule has 0 saturated carbocycles. The molecular weight excluding hydrogens is 326 g/mol. The number of hydrogen-bond donors (Lipinski definition) is 2. The first-order valence-electron chi connectivity index (χ1n) is 5.04. The van der Waals surface area contributed by atoms with Crippen LogP contribution < -0.4 is 4.72 Å². The van der Waals surface area contributed by atoms with Crippen LogP contribution in [0.15, 0.2) is 14.1 Å². The zero-order valence-electron chi connectivity index (χ0n) is 9.95. The second-order valence-corrected chi connectivity index (χ2v) is 9.03. The summed E-state index contributed by atoms with van der Waals surface area (Å²) in [5, 5.41) is 9.07. The molecule has 2 N–H and O–H groups in total. The van der Waals surface area contributed by atoms with Gasteiger partial charge in [-0.15, -0.1) is 11.3 Å². The van der Waals surface area contributed by atoms with Crippen molar-refractivity contribution in [3.63, 3.8) is 0 Å². The van der Waals surface area contributed by atoms with Gasteiger partial charge in [-0.1, -0.05) is 13.8 Å². The van der Waals surface area contributed by atoms with Crippen molar-refractivity contribution >= 4 is 37.3 Å². The average Bonchev–Trinajstić information content (AvgIpc) is 2.58. The quantitative estimate of drug-likeness (QED) is 0.861. The Bertz CT molecular complexity index is 474. The summed E-state index contributed by atoms with van der Waals surface area (Å²) in [6.45, 7) is 5.58. The molecule has 0 aliphatic carbocycles. The van der Waals surface area contributed by atoms with E-state index in [0.29, 0.717) is 0 Å². The number of thiophene rings is 1. The van der Waals surface area contributed by atoms with E-state index < -0.39 is 15.4 Å². The number of aliphatic hydroxyl groups excluding tert-OH is 1. The first kappa shape index (κ1) is 15.1. The van der Waals surface area contributed by atoms with Crippen LogP contribution in [-0.2, 0) is 10.0 Å². The summed E-state index contributed by atoms with van der Waals surface area (Å²) in [7, 11) is -3.48. The number of halogens is 1. The van der Waals surface area contributed by atoms with Crippen molar-refractivity contribution in [2.45, 2.75) is 25.0 Å². The summed E-state index contributed by atoms with van der Waals surface area (Å²) in [6, 6.07) is 1.63. The van der Waals surface area contributed by atoms with Crippen molar-refractivity contribution in [2.75, 3.05) is 13.2 Å². The Morgan fingerprint density at radius 1 is 1.53 bits per heavy atom. The lowest BCUT2D eigenvalue weighted by molar-refractivity contribution is 0.163. The number of aliphatic hydroxyl groups is 1. The molecule has 0 unspecified atom stereocenters. The van der Waals surface area contributed by atoms with Gasteiger partial charge in [0.15, 0.2) is 0 Å². The molecule has 0 radical (unpaired) electrons. The van der Waals surface area contributed by atoms with E-state index in [4.69, 9.17) is 5.11 Å². The molecule has 0 amide bonds. The van der Waals surface area contributed by atoms with E-state index in [0.717, 1.165) is 9.35 Å². The maximum Gasteiger partial charge on any atom is 0.250 e. The van der Waals surface area contributed by atoms with Crippen LogP contribution >= 0.6 is 27.3 Å². The Morgan fingerprint density at radius 2 is 2.12 bits per heavy atom. The van der Waals surface area contributed by atoms with Crippen LogP contribution in [0.25, 0.3) is 0 Å². The molecule has 17 heavy (non-hydrogen) atoms. The van der Waals surface area contributed by atoms with E-state index in [1.165, 1.54) is 11.3 Å². The van der Waals surface area contributed by atoms with E-state index in [2.05, 4.69) is 20.7 Å². The van der Waals surface area contributed by atoms with Crippen molar-refractivity contribution < 1.29 is 13.5 Å². The molecule has 0 atom stereocenters. The van der Waals surface area contributed by atoms with Crippen molar-refractivity contribution in [2.24, 2.45) is 5.41 Å². The predicted octanol–water partition coefficient (Wildman–Crippen LogP) is 2.12. The SMILES string of the molecule is Cc1cc(S(=O)(=O)NCC(C)(C)CO)sc1Br. The number of nitrogens with one attached hydrogen (secondary N) is 1. The predicted molar refractivity (Wildman–Crippen MR) is 72.8 cm³/mol. The van der Waals surface area contributed by atoms with Gasteiger partial charge in [-0.2, -0.15) is 0 Å². The molecule has 1 aromatic heterocycles. The molecule has 0 saturated heterocycles. The molecule has 1 heterocycles. The molecule has 0 spiro atoms. The normalized spacial score (nSPS) is 13.0. The molecule has 0 aromatic carbocycles. The second kappa shape index (κ2) is 5.36. The van der Waals surface area contributed by atoms with E-state index in [1.807, 2.05) is 6.92 Å². The molecule has 0 fully saturated rings. The zero-order valence-corrected chi connectivity index (χ0v) is 13.2. The number of aryl methyl sites for hydroxylation is 1. The van der Waals surface area contributed by atoms with Crippen LogP contribution in [0.5, 0.6) is 0 Å². The highest BCUT2D eigenvalue weighted by Gasteiger charge is 2.23. The van der Waals surface area contributed by atoms with Gasteiger partial charge in [0.2, 0.25) is 10.0 Å². The molecular formula is C10H16BrNO3S2. The summed E-state index contributed by atoms with van der Waals surface area (Å²) in [5.74, 6) is 0. The van der Waals surface area contributed by atoms with E-state index in [9.17, 15) is 8.42 Å². The fraction of sp³-hybridized carbons (Fsp3) is 0.600. The van der Waals surface area contributed by atoms with Crippen LogP contribution in [0.1, 0.15) is 19.4 Å². The average molecular weight is 342 g/mol. The molecule has 0 aliphatic rings. The minimum absolute atomic E-state index is 0.0668. The van der Waals surface area contributed by atoms with Crippen LogP contribution in [0.4, 0.5) is 0 Å². The highest BCUT2D eigenvalue weighted by molar-refractivity contribution is 9.11. The third kappa shape index (κ3) is 4.03. The molecule has 0 bridgehead atoms. The largest absolute Gasteiger partial charge is 0.396 e. The fourth-order valence-corrected chi connectivity index (χ4v) is 4.49. The van der Waals surface area contributed by atoms with Gasteiger partial charge >= 0.3 is 0 Å². The summed E-state index contributed by atoms with van der Waals surface area (Å²) in [4.78, 5) is 0. The van der Waals surface area contributed by atoms with Crippen LogP contribution in [0.2, 0.25) is 0 Å². The minimum atomic E-state index is -3.48. The van der Waals surface area contributed by atoms with Gasteiger partial charge in [-0.05, 0) is 34.5 Å². The highest BCUT2D eigenvalue weighted by atomic mass is 79.9. The molecule has 7 heteroatoms. The van der Waals surface area contributed by atoms with Crippen molar-refractivity contribution in [1.29, 1.82) is 0 Å². The Morgan fingerprint density at radius 3 is 2.53 bits per heavy atom. The minimum Gasteiger partial charge on any atom is -0.396 e. The smallest absolute Gasteiger partial charge is 0.250 e. The lowest BCUT2D eigenvalue weighted by atomic mass is 9.96. The fourth-order valence-electron chi connectivity index (χ4n) is 0.982.